The minimum Gasteiger partial charge on any atom is -0.497 e. The van der Waals surface area contributed by atoms with Crippen molar-refractivity contribution in [2.24, 2.45) is 0 Å². The first kappa shape index (κ1) is 22.0. The van der Waals surface area contributed by atoms with Crippen molar-refractivity contribution in [3.63, 3.8) is 0 Å². The van der Waals surface area contributed by atoms with Crippen LogP contribution in [0.2, 0.25) is 0 Å². The number of methoxy groups -OCH3 is 2. The van der Waals surface area contributed by atoms with Gasteiger partial charge in [0.15, 0.2) is 0 Å². The standard InChI is InChI=1S/C24H28N2O6/c1-29-18-8-9-20(22(15-18)30-2)23(27)26-16-19(32-17-6-4-3-5-7-17)14-21(26)24(28)25-10-12-31-13-11-25/h3-9,15,19,21H,10-14,16H2,1-2H3/t19-,21-/m0/s1. The molecule has 32 heavy (non-hydrogen) atoms. The summed E-state index contributed by atoms with van der Waals surface area (Å²) in [6.07, 6.45) is 0.135. The highest BCUT2D eigenvalue weighted by atomic mass is 16.5. The largest absolute Gasteiger partial charge is 0.497 e. The molecule has 2 saturated heterocycles. The maximum atomic E-state index is 13.6. The molecule has 0 saturated carbocycles. The van der Waals surface area contributed by atoms with Crippen LogP contribution in [0.3, 0.4) is 0 Å². The molecule has 2 aromatic rings. The molecule has 0 aromatic heterocycles. The van der Waals surface area contributed by atoms with E-state index in [1.807, 2.05) is 30.3 Å². The Morgan fingerprint density at radius 1 is 0.969 bits per heavy atom. The van der Waals surface area contributed by atoms with Crippen molar-refractivity contribution in [1.82, 2.24) is 9.80 Å². The SMILES string of the molecule is COc1ccc(C(=O)N2C[C@@H](Oc3ccccc3)C[C@H]2C(=O)N2CCOCC2)c(OC)c1. The van der Waals surface area contributed by atoms with Crippen molar-refractivity contribution in [2.75, 3.05) is 47.1 Å². The number of para-hydroxylation sites is 1. The molecule has 0 aliphatic carbocycles. The van der Waals surface area contributed by atoms with Crippen LogP contribution in [0.1, 0.15) is 16.8 Å². The molecule has 2 aromatic carbocycles. The second kappa shape index (κ2) is 9.91. The van der Waals surface area contributed by atoms with Crippen LogP contribution >= 0.6 is 0 Å². The number of benzene rings is 2. The Morgan fingerprint density at radius 2 is 1.72 bits per heavy atom. The number of nitrogens with zero attached hydrogens (tertiary/aromatic N) is 2. The number of carbonyl (C=O) groups is 2. The molecule has 2 fully saturated rings. The molecule has 0 unspecified atom stereocenters. The molecule has 2 atom stereocenters. The summed E-state index contributed by atoms with van der Waals surface area (Å²) in [5.74, 6) is 1.36. The summed E-state index contributed by atoms with van der Waals surface area (Å²) >= 11 is 0. The first-order valence-corrected chi connectivity index (χ1v) is 10.7. The Kier molecular flexibility index (Phi) is 6.80. The third-order valence-electron chi connectivity index (χ3n) is 5.82. The van der Waals surface area contributed by atoms with Crippen LogP contribution < -0.4 is 14.2 Å². The third kappa shape index (κ3) is 4.65. The van der Waals surface area contributed by atoms with Crippen LogP contribution in [-0.4, -0.2) is 80.8 Å². The monoisotopic (exact) mass is 440 g/mol. The molecule has 8 nitrogen and oxygen atoms in total. The normalized spacial score (nSPS) is 20.7. The van der Waals surface area contributed by atoms with Crippen molar-refractivity contribution in [1.29, 1.82) is 0 Å². The van der Waals surface area contributed by atoms with Crippen molar-refractivity contribution in [3.8, 4) is 17.2 Å². The van der Waals surface area contributed by atoms with Crippen molar-refractivity contribution < 1.29 is 28.5 Å². The van der Waals surface area contributed by atoms with Gasteiger partial charge in [-0.25, -0.2) is 0 Å². The van der Waals surface area contributed by atoms with Crippen molar-refractivity contribution >= 4 is 11.8 Å². The van der Waals surface area contributed by atoms with Crippen LogP contribution in [0, 0.1) is 0 Å². The van der Waals surface area contributed by atoms with Gasteiger partial charge < -0.3 is 28.7 Å². The lowest BCUT2D eigenvalue weighted by molar-refractivity contribution is -0.139. The highest BCUT2D eigenvalue weighted by molar-refractivity contribution is 6.00. The zero-order chi connectivity index (χ0) is 22.5. The Balaban J connectivity index is 1.60. The maximum Gasteiger partial charge on any atom is 0.258 e. The average Bonchev–Trinajstić information content (AvgIpc) is 3.27. The molecule has 8 heteroatoms. The predicted molar refractivity (Wildman–Crippen MR) is 117 cm³/mol. The smallest absolute Gasteiger partial charge is 0.258 e. The molecule has 170 valence electrons. The van der Waals surface area contributed by atoms with E-state index in [0.29, 0.717) is 62.1 Å². The summed E-state index contributed by atoms with van der Waals surface area (Å²) in [6, 6.07) is 13.9. The lowest BCUT2D eigenvalue weighted by Crippen LogP contribution is -2.51. The molecular formula is C24H28N2O6. The van der Waals surface area contributed by atoms with Gasteiger partial charge in [0.1, 0.15) is 29.4 Å². The number of rotatable bonds is 6. The Bertz CT molecular complexity index is 945. The fourth-order valence-corrected chi connectivity index (χ4v) is 4.16. The minimum atomic E-state index is -0.610. The van der Waals surface area contributed by atoms with E-state index in [1.54, 1.807) is 35.1 Å². The molecule has 4 rings (SSSR count). The topological polar surface area (TPSA) is 77.5 Å². The summed E-state index contributed by atoms with van der Waals surface area (Å²) in [5.41, 5.74) is 0.383. The van der Waals surface area contributed by atoms with Crippen molar-refractivity contribution in [2.45, 2.75) is 18.6 Å². The maximum absolute atomic E-state index is 13.6. The quantitative estimate of drug-likeness (QED) is 0.686. The van der Waals surface area contributed by atoms with Gasteiger partial charge in [-0.3, -0.25) is 9.59 Å². The fraction of sp³-hybridized carbons (Fsp3) is 0.417. The minimum absolute atomic E-state index is 0.0757. The Labute approximate surface area is 187 Å². The average molecular weight is 440 g/mol. The number of ether oxygens (including phenoxy) is 4. The zero-order valence-corrected chi connectivity index (χ0v) is 18.4. The number of carbonyl (C=O) groups excluding carboxylic acids is 2. The van der Waals surface area contributed by atoms with Crippen molar-refractivity contribution in [3.05, 3.63) is 54.1 Å². The van der Waals surface area contributed by atoms with E-state index < -0.39 is 6.04 Å². The number of amides is 2. The number of morpholine rings is 1. The van der Waals surface area contributed by atoms with Gasteiger partial charge >= 0.3 is 0 Å². The molecular weight excluding hydrogens is 412 g/mol. The molecule has 0 bridgehead atoms. The zero-order valence-electron chi connectivity index (χ0n) is 18.4. The summed E-state index contributed by atoms with van der Waals surface area (Å²) in [5, 5.41) is 0. The molecule has 2 aliphatic heterocycles. The second-order valence-electron chi connectivity index (χ2n) is 7.77. The van der Waals surface area contributed by atoms with Crippen LogP contribution in [0.15, 0.2) is 48.5 Å². The molecule has 2 heterocycles. The van der Waals surface area contributed by atoms with E-state index in [1.165, 1.54) is 7.11 Å². The van der Waals surface area contributed by atoms with Crippen LogP contribution in [0.25, 0.3) is 0 Å². The molecule has 0 radical (unpaired) electrons. The van der Waals surface area contributed by atoms with E-state index in [9.17, 15) is 9.59 Å². The van der Waals surface area contributed by atoms with Gasteiger partial charge in [-0.05, 0) is 24.3 Å². The van der Waals surface area contributed by atoms with Gasteiger partial charge in [0.2, 0.25) is 5.91 Å². The lowest BCUT2D eigenvalue weighted by atomic mass is 10.1. The Hall–Kier alpha value is -3.26. The highest BCUT2D eigenvalue weighted by Crippen LogP contribution is 2.31. The fourth-order valence-electron chi connectivity index (χ4n) is 4.16. The van der Waals surface area contributed by atoms with Gasteiger partial charge in [-0.2, -0.15) is 0 Å². The summed E-state index contributed by atoms with van der Waals surface area (Å²) in [4.78, 5) is 30.3. The highest BCUT2D eigenvalue weighted by Gasteiger charge is 2.43. The van der Waals surface area contributed by atoms with Gasteiger partial charge in [0.25, 0.3) is 5.91 Å². The third-order valence-corrected chi connectivity index (χ3v) is 5.82. The lowest BCUT2D eigenvalue weighted by Gasteiger charge is -2.32. The van der Waals surface area contributed by atoms with Gasteiger partial charge in [-0.15, -0.1) is 0 Å². The number of hydrogen-bond donors (Lipinski definition) is 0. The number of likely N-dealkylation sites (tertiary alicyclic amines) is 1. The predicted octanol–water partition coefficient (Wildman–Crippen LogP) is 2.22. The molecule has 0 N–H and O–H groups in total. The van der Waals surface area contributed by atoms with E-state index in [-0.39, 0.29) is 17.9 Å². The van der Waals surface area contributed by atoms with E-state index in [2.05, 4.69) is 0 Å². The molecule has 2 aliphatic rings. The second-order valence-corrected chi connectivity index (χ2v) is 7.77. The van der Waals surface area contributed by atoms with Gasteiger partial charge in [0.05, 0.1) is 39.5 Å². The van der Waals surface area contributed by atoms with Crippen LogP contribution in [0.5, 0.6) is 17.2 Å². The van der Waals surface area contributed by atoms with Crippen LogP contribution in [-0.2, 0) is 9.53 Å². The van der Waals surface area contributed by atoms with E-state index in [0.717, 1.165) is 0 Å². The summed E-state index contributed by atoms with van der Waals surface area (Å²) in [7, 11) is 3.06. The summed E-state index contributed by atoms with van der Waals surface area (Å²) in [6.45, 7) is 2.36. The molecule has 2 amide bonds. The van der Waals surface area contributed by atoms with Crippen LogP contribution in [0.4, 0.5) is 0 Å². The number of hydrogen-bond acceptors (Lipinski definition) is 6. The van der Waals surface area contributed by atoms with E-state index in [4.69, 9.17) is 18.9 Å². The molecule has 0 spiro atoms. The van der Waals surface area contributed by atoms with E-state index >= 15 is 0 Å². The first-order chi connectivity index (χ1) is 15.6. The Morgan fingerprint density at radius 3 is 2.41 bits per heavy atom. The van der Waals surface area contributed by atoms with Gasteiger partial charge in [0, 0.05) is 25.6 Å². The summed E-state index contributed by atoms with van der Waals surface area (Å²) < 4.78 is 22.2. The van der Waals surface area contributed by atoms with Gasteiger partial charge in [-0.1, -0.05) is 18.2 Å². The first-order valence-electron chi connectivity index (χ1n) is 10.7.